The summed E-state index contributed by atoms with van der Waals surface area (Å²) in [5.74, 6) is -0.196. The van der Waals surface area contributed by atoms with Crippen molar-refractivity contribution in [2.45, 2.75) is 13.8 Å². The number of rotatable bonds is 3. The van der Waals surface area contributed by atoms with Crippen molar-refractivity contribution in [3.8, 4) is 5.69 Å². The Bertz CT molecular complexity index is 853. The number of halogens is 1. The van der Waals surface area contributed by atoms with Gasteiger partial charge >= 0.3 is 0 Å². The van der Waals surface area contributed by atoms with E-state index in [1.54, 1.807) is 24.3 Å². The van der Waals surface area contributed by atoms with Gasteiger partial charge in [0.05, 0.1) is 22.1 Å². The number of para-hydroxylation sites is 1. The number of anilines is 1. The molecule has 1 N–H and O–H groups in total. The van der Waals surface area contributed by atoms with E-state index in [1.807, 2.05) is 48.9 Å². The number of benzene rings is 2. The van der Waals surface area contributed by atoms with Crippen LogP contribution in [0.5, 0.6) is 0 Å². The maximum absolute atomic E-state index is 12.3. The number of aromatic nitrogens is 2. The van der Waals surface area contributed by atoms with Gasteiger partial charge in [0.25, 0.3) is 5.91 Å². The second-order valence-corrected chi connectivity index (χ2v) is 5.73. The zero-order valence-corrected chi connectivity index (χ0v) is 13.6. The summed E-state index contributed by atoms with van der Waals surface area (Å²) in [7, 11) is 0. The van der Waals surface area contributed by atoms with E-state index in [4.69, 9.17) is 11.6 Å². The zero-order chi connectivity index (χ0) is 16.4. The van der Waals surface area contributed by atoms with Crippen LogP contribution < -0.4 is 5.32 Å². The molecule has 0 spiro atoms. The molecule has 0 aliphatic carbocycles. The number of hydrogen-bond donors (Lipinski definition) is 1. The fourth-order valence-corrected chi connectivity index (χ4v) is 2.58. The van der Waals surface area contributed by atoms with Crippen molar-refractivity contribution in [1.29, 1.82) is 0 Å². The molecule has 0 saturated heterocycles. The first kappa shape index (κ1) is 15.3. The smallest absolute Gasteiger partial charge is 0.255 e. The Hall–Kier alpha value is -2.59. The van der Waals surface area contributed by atoms with Gasteiger partial charge in [-0.1, -0.05) is 23.7 Å². The Labute approximate surface area is 139 Å². The molecule has 1 aromatic heterocycles. The minimum Gasteiger partial charge on any atom is -0.321 e. The molecule has 1 heterocycles. The van der Waals surface area contributed by atoms with Crippen LogP contribution in [-0.4, -0.2) is 15.7 Å². The Morgan fingerprint density at radius 1 is 1.09 bits per heavy atom. The monoisotopic (exact) mass is 325 g/mol. The predicted octanol–water partition coefficient (Wildman–Crippen LogP) is 4.39. The molecule has 5 heteroatoms. The Balaban J connectivity index is 1.81. The summed E-state index contributed by atoms with van der Waals surface area (Å²) >= 11 is 6.05. The summed E-state index contributed by atoms with van der Waals surface area (Å²) < 4.78 is 1.85. The number of carbonyl (C=O) groups excluding carboxylic acids is 1. The highest BCUT2D eigenvalue weighted by Crippen LogP contribution is 2.21. The van der Waals surface area contributed by atoms with E-state index in [-0.39, 0.29) is 5.91 Å². The maximum Gasteiger partial charge on any atom is 0.255 e. The largest absolute Gasteiger partial charge is 0.321 e. The van der Waals surface area contributed by atoms with Gasteiger partial charge in [0.1, 0.15) is 0 Å². The van der Waals surface area contributed by atoms with E-state index >= 15 is 0 Å². The summed E-state index contributed by atoms with van der Waals surface area (Å²) in [6, 6.07) is 16.5. The average Bonchev–Trinajstić information content (AvgIpc) is 2.88. The summed E-state index contributed by atoms with van der Waals surface area (Å²) in [5.41, 5.74) is 4.10. The highest BCUT2D eigenvalue weighted by Gasteiger charge is 2.09. The first-order valence-corrected chi connectivity index (χ1v) is 7.62. The molecule has 0 atom stereocenters. The van der Waals surface area contributed by atoms with E-state index in [1.165, 1.54) is 0 Å². The third-order valence-electron chi connectivity index (χ3n) is 3.51. The standard InChI is InChI=1S/C18H16ClN3O/c1-12-11-13(2)22(21-12)15-9-7-14(8-10-15)18(23)20-17-6-4-3-5-16(17)19/h3-11H,1-2H3,(H,20,23). The van der Waals surface area contributed by atoms with Crippen molar-refractivity contribution in [1.82, 2.24) is 9.78 Å². The molecule has 4 nitrogen and oxygen atoms in total. The zero-order valence-electron chi connectivity index (χ0n) is 12.9. The van der Waals surface area contributed by atoms with E-state index in [2.05, 4.69) is 10.4 Å². The Kier molecular flexibility index (Phi) is 4.17. The third-order valence-corrected chi connectivity index (χ3v) is 3.84. The molecule has 1 amide bonds. The minimum atomic E-state index is -0.196. The lowest BCUT2D eigenvalue weighted by atomic mass is 10.2. The SMILES string of the molecule is Cc1cc(C)n(-c2ccc(C(=O)Nc3ccccc3Cl)cc2)n1. The molecule has 0 unspecified atom stereocenters. The van der Waals surface area contributed by atoms with Crippen molar-refractivity contribution in [3.63, 3.8) is 0 Å². The second kappa shape index (κ2) is 6.26. The van der Waals surface area contributed by atoms with Crippen LogP contribution in [0.2, 0.25) is 5.02 Å². The number of amides is 1. The number of aryl methyl sites for hydroxylation is 2. The van der Waals surface area contributed by atoms with E-state index in [0.29, 0.717) is 16.3 Å². The lowest BCUT2D eigenvalue weighted by Crippen LogP contribution is -2.12. The van der Waals surface area contributed by atoms with Crippen LogP contribution in [0.4, 0.5) is 5.69 Å². The topological polar surface area (TPSA) is 46.9 Å². The fourth-order valence-electron chi connectivity index (χ4n) is 2.40. The van der Waals surface area contributed by atoms with Crippen LogP contribution in [0.25, 0.3) is 5.69 Å². The predicted molar refractivity (Wildman–Crippen MR) is 92.4 cm³/mol. The fraction of sp³-hybridized carbons (Fsp3) is 0.111. The highest BCUT2D eigenvalue weighted by molar-refractivity contribution is 6.33. The van der Waals surface area contributed by atoms with Gasteiger partial charge in [-0.2, -0.15) is 5.10 Å². The number of nitrogens with zero attached hydrogens (tertiary/aromatic N) is 2. The molecule has 23 heavy (non-hydrogen) atoms. The summed E-state index contributed by atoms with van der Waals surface area (Å²) in [6.45, 7) is 3.95. The first-order valence-electron chi connectivity index (χ1n) is 7.24. The van der Waals surface area contributed by atoms with Crippen molar-refractivity contribution in [3.05, 3.63) is 76.6 Å². The van der Waals surface area contributed by atoms with E-state index < -0.39 is 0 Å². The van der Waals surface area contributed by atoms with Crippen LogP contribution in [0, 0.1) is 13.8 Å². The summed E-state index contributed by atoms with van der Waals surface area (Å²) in [5, 5.41) is 7.75. The van der Waals surface area contributed by atoms with Crippen molar-refractivity contribution >= 4 is 23.2 Å². The first-order chi connectivity index (χ1) is 11.0. The van der Waals surface area contributed by atoms with Crippen LogP contribution in [0.1, 0.15) is 21.7 Å². The summed E-state index contributed by atoms with van der Waals surface area (Å²) in [4.78, 5) is 12.3. The number of carbonyl (C=O) groups is 1. The maximum atomic E-state index is 12.3. The molecular formula is C18H16ClN3O. The van der Waals surface area contributed by atoms with Crippen LogP contribution in [-0.2, 0) is 0 Å². The molecule has 0 saturated carbocycles. The van der Waals surface area contributed by atoms with Gasteiger partial charge in [-0.05, 0) is 56.3 Å². The molecule has 0 fully saturated rings. The lowest BCUT2D eigenvalue weighted by Gasteiger charge is -2.08. The van der Waals surface area contributed by atoms with Crippen LogP contribution >= 0.6 is 11.6 Å². The van der Waals surface area contributed by atoms with Crippen LogP contribution in [0.15, 0.2) is 54.6 Å². The van der Waals surface area contributed by atoms with E-state index in [9.17, 15) is 4.79 Å². The van der Waals surface area contributed by atoms with Gasteiger partial charge in [-0.3, -0.25) is 4.79 Å². The van der Waals surface area contributed by atoms with Gasteiger partial charge in [0, 0.05) is 11.3 Å². The molecular weight excluding hydrogens is 310 g/mol. The summed E-state index contributed by atoms with van der Waals surface area (Å²) in [6.07, 6.45) is 0. The molecule has 2 aromatic carbocycles. The second-order valence-electron chi connectivity index (χ2n) is 5.32. The van der Waals surface area contributed by atoms with Gasteiger partial charge in [0.15, 0.2) is 0 Å². The molecule has 0 aliphatic rings. The van der Waals surface area contributed by atoms with Gasteiger partial charge in [0.2, 0.25) is 0 Å². The van der Waals surface area contributed by atoms with Crippen LogP contribution in [0.3, 0.4) is 0 Å². The molecule has 3 rings (SSSR count). The normalized spacial score (nSPS) is 10.6. The van der Waals surface area contributed by atoms with Crippen molar-refractivity contribution in [2.75, 3.05) is 5.32 Å². The van der Waals surface area contributed by atoms with Crippen molar-refractivity contribution in [2.24, 2.45) is 0 Å². The number of hydrogen-bond acceptors (Lipinski definition) is 2. The third kappa shape index (κ3) is 3.27. The average molecular weight is 326 g/mol. The highest BCUT2D eigenvalue weighted by atomic mass is 35.5. The Morgan fingerprint density at radius 3 is 2.39 bits per heavy atom. The quantitative estimate of drug-likeness (QED) is 0.776. The number of nitrogens with one attached hydrogen (secondary N) is 1. The lowest BCUT2D eigenvalue weighted by molar-refractivity contribution is 0.102. The van der Waals surface area contributed by atoms with E-state index in [0.717, 1.165) is 17.1 Å². The van der Waals surface area contributed by atoms with Crippen molar-refractivity contribution < 1.29 is 4.79 Å². The Morgan fingerprint density at radius 2 is 1.78 bits per heavy atom. The minimum absolute atomic E-state index is 0.196. The molecule has 116 valence electrons. The van der Waals surface area contributed by atoms with Gasteiger partial charge in [-0.25, -0.2) is 4.68 Å². The molecule has 0 radical (unpaired) electrons. The van der Waals surface area contributed by atoms with Gasteiger partial charge < -0.3 is 5.32 Å². The molecule has 0 aliphatic heterocycles. The molecule has 3 aromatic rings. The van der Waals surface area contributed by atoms with Gasteiger partial charge in [-0.15, -0.1) is 0 Å². The molecule has 0 bridgehead atoms.